The third-order valence-electron chi connectivity index (χ3n) is 1.46. The minimum atomic E-state index is -0.0636. The number of guanidine groups is 1. The lowest BCUT2D eigenvalue weighted by Crippen LogP contribution is -2.21. The van der Waals surface area contributed by atoms with E-state index in [9.17, 15) is 0 Å². The summed E-state index contributed by atoms with van der Waals surface area (Å²) in [5, 5.41) is 7.14. The molecule has 0 saturated heterocycles. The first-order valence-corrected chi connectivity index (χ1v) is 5.02. The minimum Gasteiger partial charge on any atom is -0.369 e. The fourth-order valence-electron chi connectivity index (χ4n) is 0.896. The first-order chi connectivity index (χ1) is 7.18. The van der Waals surface area contributed by atoms with Crippen molar-refractivity contribution in [1.29, 1.82) is 0 Å². The van der Waals surface area contributed by atoms with Crippen LogP contribution < -0.4 is 11.5 Å². The van der Waals surface area contributed by atoms with Crippen LogP contribution in [0.5, 0.6) is 0 Å². The zero-order valence-corrected chi connectivity index (χ0v) is 9.55. The Bertz CT molecular complexity index is 391. The van der Waals surface area contributed by atoms with Crippen LogP contribution in [0.15, 0.2) is 45.0 Å². The zero-order valence-electron chi connectivity index (χ0n) is 7.97. The Morgan fingerprint density at radius 3 is 2.47 bits per heavy atom. The summed E-state index contributed by atoms with van der Waals surface area (Å²) in [5.74, 6) is -0.0636. The average molecular weight is 267 g/mol. The Morgan fingerprint density at radius 1 is 1.20 bits per heavy atom. The number of halogens is 1. The van der Waals surface area contributed by atoms with E-state index in [4.69, 9.17) is 11.5 Å². The first kappa shape index (κ1) is 11.5. The second kappa shape index (κ2) is 5.98. The van der Waals surface area contributed by atoms with E-state index in [0.717, 1.165) is 10.0 Å². The van der Waals surface area contributed by atoms with E-state index in [-0.39, 0.29) is 5.96 Å². The van der Waals surface area contributed by atoms with Gasteiger partial charge in [0.05, 0.1) is 6.21 Å². The van der Waals surface area contributed by atoms with Crippen LogP contribution in [0.1, 0.15) is 5.56 Å². The predicted octanol–water partition coefficient (Wildman–Crippen LogP) is 1.68. The molecule has 78 valence electrons. The molecule has 0 aliphatic heterocycles. The van der Waals surface area contributed by atoms with Crippen LogP contribution in [0, 0.1) is 0 Å². The molecule has 1 aromatic rings. The average Bonchev–Trinajstić information content (AvgIpc) is 2.18. The minimum absolute atomic E-state index is 0.0636. The lowest BCUT2D eigenvalue weighted by molar-refractivity contribution is 1.22. The summed E-state index contributed by atoms with van der Waals surface area (Å²) >= 11 is 3.33. The molecule has 5 heteroatoms. The van der Waals surface area contributed by atoms with Gasteiger partial charge in [-0.3, -0.25) is 0 Å². The van der Waals surface area contributed by atoms with E-state index in [1.54, 1.807) is 0 Å². The molecule has 0 heterocycles. The molecule has 0 aromatic heterocycles. The van der Waals surface area contributed by atoms with Gasteiger partial charge in [0.15, 0.2) is 0 Å². The molecule has 0 amide bonds. The predicted molar refractivity (Wildman–Crippen MR) is 67.6 cm³/mol. The molecule has 0 fully saturated rings. The van der Waals surface area contributed by atoms with Gasteiger partial charge in [0.25, 0.3) is 0 Å². The van der Waals surface area contributed by atoms with E-state index >= 15 is 0 Å². The van der Waals surface area contributed by atoms with Crippen LogP contribution >= 0.6 is 15.9 Å². The van der Waals surface area contributed by atoms with Gasteiger partial charge in [-0.25, -0.2) is 0 Å². The van der Waals surface area contributed by atoms with Gasteiger partial charge in [-0.1, -0.05) is 30.3 Å². The summed E-state index contributed by atoms with van der Waals surface area (Å²) in [6.45, 7) is 0. The summed E-state index contributed by atoms with van der Waals surface area (Å²) < 4.78 is 0.790. The Morgan fingerprint density at radius 2 is 1.87 bits per heavy atom. The van der Waals surface area contributed by atoms with E-state index in [0.29, 0.717) is 0 Å². The van der Waals surface area contributed by atoms with Crippen LogP contribution in [0.4, 0.5) is 0 Å². The lowest BCUT2D eigenvalue weighted by Gasteiger charge is -1.91. The van der Waals surface area contributed by atoms with Crippen molar-refractivity contribution >= 4 is 34.2 Å². The van der Waals surface area contributed by atoms with E-state index in [1.807, 2.05) is 36.4 Å². The summed E-state index contributed by atoms with van der Waals surface area (Å²) in [7, 11) is 0. The highest BCUT2D eigenvalue weighted by atomic mass is 79.9. The van der Waals surface area contributed by atoms with Crippen molar-refractivity contribution in [2.45, 2.75) is 0 Å². The third-order valence-corrected chi connectivity index (χ3v) is 1.89. The number of allylic oxidation sites excluding steroid dienone is 1. The fraction of sp³-hybridized carbons (Fsp3) is 0. The Kier molecular flexibility index (Phi) is 4.56. The van der Waals surface area contributed by atoms with Gasteiger partial charge in [0.1, 0.15) is 0 Å². The highest BCUT2D eigenvalue weighted by molar-refractivity contribution is 9.12. The summed E-state index contributed by atoms with van der Waals surface area (Å²) in [5.41, 5.74) is 11.3. The monoisotopic (exact) mass is 266 g/mol. The molecule has 15 heavy (non-hydrogen) atoms. The largest absolute Gasteiger partial charge is 0.369 e. The fourth-order valence-corrected chi connectivity index (χ4v) is 1.25. The van der Waals surface area contributed by atoms with Crippen molar-refractivity contribution in [3.05, 3.63) is 40.4 Å². The van der Waals surface area contributed by atoms with Crippen LogP contribution in [-0.2, 0) is 0 Å². The molecule has 0 saturated carbocycles. The van der Waals surface area contributed by atoms with E-state index < -0.39 is 0 Å². The number of rotatable bonds is 3. The Labute approximate surface area is 96.5 Å². The number of nitrogens with zero attached hydrogens (tertiary/aromatic N) is 2. The normalized spacial score (nSPS) is 11.7. The van der Waals surface area contributed by atoms with Gasteiger partial charge in [0, 0.05) is 4.48 Å². The molecule has 4 nitrogen and oxygen atoms in total. The van der Waals surface area contributed by atoms with Gasteiger partial charge in [0.2, 0.25) is 5.96 Å². The smallest absolute Gasteiger partial charge is 0.211 e. The molecule has 1 aromatic carbocycles. The Balaban J connectivity index is 2.69. The molecule has 0 atom stereocenters. The number of benzene rings is 1. The maximum absolute atomic E-state index is 5.11. The topological polar surface area (TPSA) is 76.8 Å². The summed E-state index contributed by atoms with van der Waals surface area (Å²) in [4.78, 5) is 0. The van der Waals surface area contributed by atoms with Gasteiger partial charge in [-0.05, 0) is 27.6 Å². The standard InChI is InChI=1S/C10H11BrN4/c11-9(7-14-15-10(12)13)6-8-4-2-1-3-5-8/h1-7H,(H4,12,13,15)/b9-6-,14-7-. The number of hydrogen-bond donors (Lipinski definition) is 2. The van der Waals surface area contributed by atoms with Crippen molar-refractivity contribution < 1.29 is 0 Å². The molecule has 0 spiro atoms. The molecule has 1 rings (SSSR count). The zero-order chi connectivity index (χ0) is 11.1. The second-order valence-electron chi connectivity index (χ2n) is 2.71. The molecule has 0 radical (unpaired) electrons. The molecular weight excluding hydrogens is 256 g/mol. The molecule has 0 aliphatic carbocycles. The quantitative estimate of drug-likeness (QED) is 0.496. The van der Waals surface area contributed by atoms with Gasteiger partial charge in [-0.15, -0.1) is 5.10 Å². The molecule has 0 bridgehead atoms. The maximum atomic E-state index is 5.11. The van der Waals surface area contributed by atoms with Crippen molar-refractivity contribution in [2.75, 3.05) is 0 Å². The first-order valence-electron chi connectivity index (χ1n) is 4.22. The van der Waals surface area contributed by atoms with E-state index in [2.05, 4.69) is 26.1 Å². The summed E-state index contributed by atoms with van der Waals surface area (Å²) in [6, 6.07) is 9.84. The SMILES string of the molecule is NC(N)=N/N=C\C(Br)=C\c1ccccc1. The highest BCUT2D eigenvalue weighted by Gasteiger charge is 1.88. The van der Waals surface area contributed by atoms with Gasteiger partial charge in [-0.2, -0.15) is 5.10 Å². The van der Waals surface area contributed by atoms with Gasteiger partial charge < -0.3 is 11.5 Å². The van der Waals surface area contributed by atoms with Crippen LogP contribution in [-0.4, -0.2) is 12.2 Å². The van der Waals surface area contributed by atoms with Crippen molar-refractivity contribution in [3.63, 3.8) is 0 Å². The molecular formula is C10H11BrN4. The number of hydrogen-bond acceptors (Lipinski definition) is 2. The van der Waals surface area contributed by atoms with Gasteiger partial charge >= 0.3 is 0 Å². The maximum Gasteiger partial charge on any atom is 0.211 e. The van der Waals surface area contributed by atoms with Crippen molar-refractivity contribution in [1.82, 2.24) is 0 Å². The second-order valence-corrected chi connectivity index (χ2v) is 3.63. The van der Waals surface area contributed by atoms with Crippen LogP contribution in [0.3, 0.4) is 0 Å². The lowest BCUT2D eigenvalue weighted by atomic mass is 10.2. The molecule has 0 aliphatic rings. The molecule has 0 unspecified atom stereocenters. The molecule has 4 N–H and O–H groups in total. The van der Waals surface area contributed by atoms with Crippen molar-refractivity contribution in [3.8, 4) is 0 Å². The van der Waals surface area contributed by atoms with E-state index in [1.165, 1.54) is 6.21 Å². The Hall–Kier alpha value is -1.62. The number of nitrogens with two attached hydrogens (primary N) is 2. The van der Waals surface area contributed by atoms with Crippen LogP contribution in [0.2, 0.25) is 0 Å². The summed E-state index contributed by atoms with van der Waals surface area (Å²) in [6.07, 6.45) is 3.43. The highest BCUT2D eigenvalue weighted by Crippen LogP contribution is 2.09. The third kappa shape index (κ3) is 4.97. The van der Waals surface area contributed by atoms with Crippen LogP contribution in [0.25, 0.3) is 6.08 Å². The van der Waals surface area contributed by atoms with Crippen molar-refractivity contribution in [2.24, 2.45) is 21.7 Å².